The van der Waals surface area contributed by atoms with Crippen LogP contribution in [0.15, 0.2) is 24.3 Å². The second-order valence-electron chi connectivity index (χ2n) is 4.56. The van der Waals surface area contributed by atoms with Crippen molar-refractivity contribution in [1.82, 2.24) is 4.90 Å². The molecule has 0 bridgehead atoms. The second-order valence-corrected chi connectivity index (χ2v) is 4.56. The summed E-state index contributed by atoms with van der Waals surface area (Å²) in [5.41, 5.74) is 0.256. The summed E-state index contributed by atoms with van der Waals surface area (Å²) in [7, 11) is 3.70. The molecule has 1 aromatic carbocycles. The molecule has 88 valence electrons. The van der Waals surface area contributed by atoms with Gasteiger partial charge in [0.15, 0.2) is 0 Å². The lowest BCUT2D eigenvalue weighted by Gasteiger charge is -2.30. The van der Waals surface area contributed by atoms with Crippen molar-refractivity contribution in [3.05, 3.63) is 29.8 Å². The van der Waals surface area contributed by atoms with Crippen molar-refractivity contribution in [3.8, 4) is 5.75 Å². The maximum absolute atomic E-state index is 10.7. The molecule has 1 aliphatic rings. The van der Waals surface area contributed by atoms with Gasteiger partial charge in [-0.3, -0.25) is 0 Å². The Morgan fingerprint density at radius 2 is 2.00 bits per heavy atom. The SMILES string of the molecule is COc1ccc([C@]2(O)CCN(C)[C@@H]2C)cc1. The summed E-state index contributed by atoms with van der Waals surface area (Å²) in [5, 5.41) is 10.7. The standard InChI is InChI=1S/C13H19NO2/c1-10-13(15,8-9-14(10)2)11-4-6-12(16-3)7-5-11/h4-7,10,15H,8-9H2,1-3H3/t10-,13+/m1/s1. The summed E-state index contributed by atoms with van der Waals surface area (Å²) in [5.74, 6) is 0.825. The van der Waals surface area contributed by atoms with Crippen LogP contribution in [0.3, 0.4) is 0 Å². The Kier molecular flexibility index (Phi) is 2.91. The highest BCUT2D eigenvalue weighted by Gasteiger charge is 2.42. The van der Waals surface area contributed by atoms with E-state index in [-0.39, 0.29) is 6.04 Å². The minimum Gasteiger partial charge on any atom is -0.497 e. The molecule has 1 aromatic rings. The molecule has 1 aliphatic heterocycles. The van der Waals surface area contributed by atoms with Crippen LogP contribution < -0.4 is 4.74 Å². The monoisotopic (exact) mass is 221 g/mol. The van der Waals surface area contributed by atoms with Gasteiger partial charge in [-0.2, -0.15) is 0 Å². The highest BCUT2D eigenvalue weighted by atomic mass is 16.5. The van der Waals surface area contributed by atoms with E-state index in [4.69, 9.17) is 4.74 Å². The molecular formula is C13H19NO2. The van der Waals surface area contributed by atoms with Crippen molar-refractivity contribution >= 4 is 0 Å². The number of benzene rings is 1. The Balaban J connectivity index is 2.29. The van der Waals surface area contributed by atoms with Crippen LogP contribution in [0, 0.1) is 0 Å². The molecule has 0 amide bonds. The summed E-state index contributed by atoms with van der Waals surface area (Å²) < 4.78 is 5.12. The molecule has 3 heteroatoms. The molecular weight excluding hydrogens is 202 g/mol. The lowest BCUT2D eigenvalue weighted by Crippen LogP contribution is -2.38. The predicted molar refractivity (Wildman–Crippen MR) is 63.6 cm³/mol. The number of nitrogens with zero attached hydrogens (tertiary/aromatic N) is 1. The van der Waals surface area contributed by atoms with E-state index in [0.29, 0.717) is 0 Å². The van der Waals surface area contributed by atoms with Gasteiger partial charge in [0, 0.05) is 12.6 Å². The number of rotatable bonds is 2. The molecule has 0 aliphatic carbocycles. The molecule has 0 radical (unpaired) electrons. The third kappa shape index (κ3) is 1.70. The van der Waals surface area contributed by atoms with Crippen LogP contribution >= 0.6 is 0 Å². The fourth-order valence-corrected chi connectivity index (χ4v) is 2.38. The van der Waals surface area contributed by atoms with Crippen LogP contribution in [0.1, 0.15) is 18.9 Å². The number of likely N-dealkylation sites (tertiary alicyclic amines) is 1. The Morgan fingerprint density at radius 3 is 2.44 bits per heavy atom. The molecule has 0 spiro atoms. The third-order valence-electron chi connectivity index (χ3n) is 3.79. The second kappa shape index (κ2) is 4.07. The third-order valence-corrected chi connectivity index (χ3v) is 3.79. The van der Waals surface area contributed by atoms with E-state index in [2.05, 4.69) is 11.8 Å². The van der Waals surface area contributed by atoms with Crippen LogP contribution in [-0.2, 0) is 5.60 Å². The Labute approximate surface area is 96.6 Å². The van der Waals surface area contributed by atoms with Crippen LogP contribution in [0.2, 0.25) is 0 Å². The summed E-state index contributed by atoms with van der Waals surface area (Å²) in [4.78, 5) is 2.18. The Bertz CT molecular complexity index is 363. The van der Waals surface area contributed by atoms with E-state index in [1.54, 1.807) is 7.11 Å². The van der Waals surface area contributed by atoms with Crippen molar-refractivity contribution in [2.45, 2.75) is 25.0 Å². The zero-order chi connectivity index (χ0) is 11.8. The van der Waals surface area contributed by atoms with Gasteiger partial charge in [0.05, 0.1) is 7.11 Å². The summed E-state index contributed by atoms with van der Waals surface area (Å²) in [6, 6.07) is 7.86. The van der Waals surface area contributed by atoms with Crippen molar-refractivity contribution in [3.63, 3.8) is 0 Å². The fourth-order valence-electron chi connectivity index (χ4n) is 2.38. The van der Waals surface area contributed by atoms with Crippen molar-refractivity contribution in [1.29, 1.82) is 0 Å². The number of methoxy groups -OCH3 is 1. The van der Waals surface area contributed by atoms with Crippen LogP contribution in [0.4, 0.5) is 0 Å². The van der Waals surface area contributed by atoms with Crippen LogP contribution in [0.25, 0.3) is 0 Å². The molecule has 1 saturated heterocycles. The van der Waals surface area contributed by atoms with Gasteiger partial charge in [0.25, 0.3) is 0 Å². The first-order valence-electron chi connectivity index (χ1n) is 5.65. The van der Waals surface area contributed by atoms with Crippen molar-refractivity contribution < 1.29 is 9.84 Å². The number of likely N-dealkylation sites (N-methyl/N-ethyl adjacent to an activating group) is 1. The number of aliphatic hydroxyl groups is 1. The van der Waals surface area contributed by atoms with Gasteiger partial charge in [-0.1, -0.05) is 12.1 Å². The fraction of sp³-hybridized carbons (Fsp3) is 0.538. The largest absolute Gasteiger partial charge is 0.497 e. The average molecular weight is 221 g/mol. The minimum atomic E-state index is -0.721. The van der Waals surface area contributed by atoms with Gasteiger partial charge in [0.2, 0.25) is 0 Å². The molecule has 3 nitrogen and oxygen atoms in total. The normalized spacial score (nSPS) is 30.6. The first kappa shape index (κ1) is 11.4. The zero-order valence-electron chi connectivity index (χ0n) is 10.1. The van der Waals surface area contributed by atoms with E-state index in [1.807, 2.05) is 31.3 Å². The van der Waals surface area contributed by atoms with Gasteiger partial charge in [0.1, 0.15) is 11.4 Å². The van der Waals surface area contributed by atoms with Gasteiger partial charge < -0.3 is 14.7 Å². The van der Waals surface area contributed by atoms with Crippen molar-refractivity contribution in [2.24, 2.45) is 0 Å². The lowest BCUT2D eigenvalue weighted by atomic mass is 9.87. The molecule has 1 heterocycles. The van der Waals surface area contributed by atoms with Crippen LogP contribution in [0.5, 0.6) is 5.75 Å². The first-order valence-corrected chi connectivity index (χ1v) is 5.65. The van der Waals surface area contributed by atoms with Gasteiger partial charge >= 0.3 is 0 Å². The molecule has 16 heavy (non-hydrogen) atoms. The number of ether oxygens (including phenoxy) is 1. The molecule has 1 N–H and O–H groups in total. The van der Waals surface area contributed by atoms with E-state index >= 15 is 0 Å². The average Bonchev–Trinajstić information content (AvgIpc) is 2.59. The van der Waals surface area contributed by atoms with Crippen molar-refractivity contribution in [2.75, 3.05) is 20.7 Å². The van der Waals surface area contributed by atoms with E-state index in [1.165, 1.54) is 0 Å². The Hall–Kier alpha value is -1.06. The molecule has 0 saturated carbocycles. The van der Waals surface area contributed by atoms with Gasteiger partial charge in [-0.05, 0) is 38.1 Å². The van der Waals surface area contributed by atoms with E-state index < -0.39 is 5.60 Å². The molecule has 0 aromatic heterocycles. The number of hydrogen-bond acceptors (Lipinski definition) is 3. The summed E-state index contributed by atoms with van der Waals surface area (Å²) >= 11 is 0. The summed E-state index contributed by atoms with van der Waals surface area (Å²) in [6.45, 7) is 3.00. The smallest absolute Gasteiger partial charge is 0.118 e. The molecule has 2 atom stereocenters. The lowest BCUT2D eigenvalue weighted by molar-refractivity contribution is 0.0108. The minimum absolute atomic E-state index is 0.154. The Morgan fingerprint density at radius 1 is 1.38 bits per heavy atom. The highest BCUT2D eigenvalue weighted by Crippen LogP contribution is 2.37. The van der Waals surface area contributed by atoms with E-state index in [9.17, 15) is 5.11 Å². The van der Waals surface area contributed by atoms with Gasteiger partial charge in [-0.25, -0.2) is 0 Å². The van der Waals surface area contributed by atoms with Gasteiger partial charge in [-0.15, -0.1) is 0 Å². The zero-order valence-corrected chi connectivity index (χ0v) is 10.1. The van der Waals surface area contributed by atoms with E-state index in [0.717, 1.165) is 24.3 Å². The first-order chi connectivity index (χ1) is 7.58. The quantitative estimate of drug-likeness (QED) is 0.823. The topological polar surface area (TPSA) is 32.7 Å². The maximum Gasteiger partial charge on any atom is 0.118 e. The molecule has 2 rings (SSSR count). The molecule has 1 fully saturated rings. The number of hydrogen-bond donors (Lipinski definition) is 1. The summed E-state index contributed by atoms with van der Waals surface area (Å²) in [6.07, 6.45) is 0.789. The predicted octanol–water partition coefficient (Wildman–Crippen LogP) is 1.61. The molecule has 0 unspecified atom stereocenters. The highest BCUT2D eigenvalue weighted by molar-refractivity contribution is 5.32. The maximum atomic E-state index is 10.7. The van der Waals surface area contributed by atoms with Crippen LogP contribution in [-0.4, -0.2) is 36.8 Å².